The lowest BCUT2D eigenvalue weighted by atomic mass is 9.87. The Kier molecular flexibility index (Phi) is 4.54. The van der Waals surface area contributed by atoms with Gasteiger partial charge in [-0.05, 0) is 44.5 Å². The lowest BCUT2D eigenvalue weighted by Crippen LogP contribution is -2.32. The number of rotatable bonds is 4. The van der Waals surface area contributed by atoms with Gasteiger partial charge in [0.2, 0.25) is 15.9 Å². The molecule has 0 atom stereocenters. The van der Waals surface area contributed by atoms with Crippen molar-refractivity contribution in [1.82, 2.24) is 4.72 Å². The van der Waals surface area contributed by atoms with Gasteiger partial charge in [-0.15, -0.1) is 0 Å². The van der Waals surface area contributed by atoms with Crippen LogP contribution in [0.25, 0.3) is 0 Å². The number of nitriles is 1. The molecule has 1 aliphatic carbocycles. The minimum atomic E-state index is -3.59. The summed E-state index contributed by atoms with van der Waals surface area (Å²) in [7, 11) is -2.26. The van der Waals surface area contributed by atoms with Crippen LogP contribution in [0.5, 0.6) is 0 Å². The Morgan fingerprint density at radius 1 is 1.32 bits per heavy atom. The summed E-state index contributed by atoms with van der Waals surface area (Å²) in [5.74, 6) is -0.357. The fraction of sp³-hybridized carbons (Fsp3) is 0.467. The molecule has 1 amide bonds. The molecule has 0 aliphatic heterocycles. The van der Waals surface area contributed by atoms with Gasteiger partial charge in [0.15, 0.2) is 0 Å². The normalized spacial score (nSPS) is 17.0. The summed E-state index contributed by atoms with van der Waals surface area (Å²) in [4.78, 5) is 12.5. The van der Waals surface area contributed by atoms with Crippen molar-refractivity contribution in [3.63, 3.8) is 0 Å². The maximum Gasteiger partial charge on any atom is 0.244 e. The molecule has 1 aromatic rings. The molecule has 6 nitrogen and oxygen atoms in total. The Hall–Kier alpha value is -1.91. The highest BCUT2D eigenvalue weighted by Crippen LogP contribution is 2.38. The summed E-state index contributed by atoms with van der Waals surface area (Å²) >= 11 is 0. The second kappa shape index (κ2) is 6.07. The van der Waals surface area contributed by atoms with E-state index in [1.54, 1.807) is 19.1 Å². The molecule has 1 fully saturated rings. The van der Waals surface area contributed by atoms with Crippen LogP contribution in [0.4, 0.5) is 5.69 Å². The summed E-state index contributed by atoms with van der Waals surface area (Å²) in [6.45, 7) is 1.68. The zero-order valence-electron chi connectivity index (χ0n) is 12.6. The van der Waals surface area contributed by atoms with Crippen molar-refractivity contribution in [2.45, 2.75) is 37.5 Å². The van der Waals surface area contributed by atoms with Crippen molar-refractivity contribution in [1.29, 1.82) is 5.26 Å². The maximum absolute atomic E-state index is 12.4. The predicted octanol–water partition coefficient (Wildman–Crippen LogP) is 1.93. The summed E-state index contributed by atoms with van der Waals surface area (Å²) < 4.78 is 26.2. The average molecular weight is 321 g/mol. The van der Waals surface area contributed by atoms with Gasteiger partial charge < -0.3 is 5.32 Å². The second-order valence-corrected chi connectivity index (χ2v) is 7.40. The molecule has 0 saturated heterocycles. The molecule has 0 aromatic heterocycles. The first kappa shape index (κ1) is 16.5. The van der Waals surface area contributed by atoms with Gasteiger partial charge in [0.25, 0.3) is 0 Å². The Balaban J connectivity index is 2.30. The van der Waals surface area contributed by atoms with Crippen LogP contribution in [0.3, 0.4) is 0 Å². The molecule has 22 heavy (non-hydrogen) atoms. The highest BCUT2D eigenvalue weighted by Gasteiger charge is 2.41. The summed E-state index contributed by atoms with van der Waals surface area (Å²) in [5.41, 5.74) is -0.0263. The zero-order valence-corrected chi connectivity index (χ0v) is 13.5. The molecule has 0 spiro atoms. The number of hydrogen-bond donors (Lipinski definition) is 2. The van der Waals surface area contributed by atoms with Gasteiger partial charge in [0, 0.05) is 5.69 Å². The third-order valence-corrected chi connectivity index (χ3v) is 5.67. The summed E-state index contributed by atoms with van der Waals surface area (Å²) in [6.07, 6.45) is 2.80. The van der Waals surface area contributed by atoms with Crippen LogP contribution in [-0.4, -0.2) is 21.4 Å². The fourth-order valence-electron chi connectivity index (χ4n) is 2.70. The Bertz CT molecular complexity index is 729. The van der Waals surface area contributed by atoms with Crippen LogP contribution in [0.15, 0.2) is 23.1 Å². The van der Waals surface area contributed by atoms with E-state index in [0.29, 0.717) is 24.1 Å². The Labute approximate surface area is 130 Å². The van der Waals surface area contributed by atoms with Crippen molar-refractivity contribution in [2.75, 3.05) is 12.4 Å². The standard InChI is InChI=1S/C15H19N3O3S/c1-11-5-6-12(9-13(11)22(20,21)17-2)18-14(19)15(10-16)7-3-4-8-15/h5-6,9,17H,3-4,7-8H2,1-2H3,(H,18,19). The summed E-state index contributed by atoms with van der Waals surface area (Å²) in [5, 5.41) is 12.0. The molecule has 2 rings (SSSR count). The van der Waals surface area contributed by atoms with Gasteiger partial charge in [0.05, 0.1) is 11.0 Å². The van der Waals surface area contributed by atoms with Crippen LogP contribution in [-0.2, 0) is 14.8 Å². The Morgan fingerprint density at radius 2 is 1.95 bits per heavy atom. The number of aryl methyl sites for hydroxylation is 1. The largest absolute Gasteiger partial charge is 0.325 e. The highest BCUT2D eigenvalue weighted by atomic mass is 32.2. The van der Waals surface area contributed by atoms with Crippen molar-refractivity contribution >= 4 is 21.6 Å². The topological polar surface area (TPSA) is 99.1 Å². The molecule has 1 saturated carbocycles. The number of amides is 1. The second-order valence-electron chi connectivity index (χ2n) is 5.54. The Morgan fingerprint density at radius 3 is 2.50 bits per heavy atom. The van der Waals surface area contributed by atoms with E-state index in [0.717, 1.165) is 12.8 Å². The van der Waals surface area contributed by atoms with Gasteiger partial charge >= 0.3 is 0 Å². The van der Waals surface area contributed by atoms with Crippen molar-refractivity contribution in [3.8, 4) is 6.07 Å². The first-order valence-corrected chi connectivity index (χ1v) is 8.60. The molecule has 1 aliphatic rings. The number of benzene rings is 1. The third kappa shape index (κ3) is 2.98. The van der Waals surface area contributed by atoms with E-state index < -0.39 is 15.4 Å². The fourth-order valence-corrected chi connectivity index (χ4v) is 3.69. The van der Waals surface area contributed by atoms with Crippen LogP contribution < -0.4 is 10.0 Å². The van der Waals surface area contributed by atoms with Crippen molar-refractivity contribution in [2.24, 2.45) is 5.41 Å². The number of nitrogens with one attached hydrogen (secondary N) is 2. The third-order valence-electron chi connectivity index (χ3n) is 4.11. The van der Waals surface area contributed by atoms with Crippen LogP contribution in [0.2, 0.25) is 0 Å². The first-order valence-electron chi connectivity index (χ1n) is 7.11. The molecular weight excluding hydrogens is 302 g/mol. The molecule has 7 heteroatoms. The van der Waals surface area contributed by atoms with E-state index >= 15 is 0 Å². The number of sulfonamides is 1. The van der Waals surface area contributed by atoms with Gasteiger partial charge in [0.1, 0.15) is 5.41 Å². The number of carbonyl (C=O) groups is 1. The average Bonchev–Trinajstić information content (AvgIpc) is 2.99. The molecule has 118 valence electrons. The number of anilines is 1. The first-order chi connectivity index (χ1) is 10.3. The smallest absolute Gasteiger partial charge is 0.244 e. The predicted molar refractivity (Wildman–Crippen MR) is 82.6 cm³/mol. The van der Waals surface area contributed by atoms with Gasteiger partial charge in [-0.1, -0.05) is 18.9 Å². The monoisotopic (exact) mass is 321 g/mol. The molecular formula is C15H19N3O3S. The number of carbonyl (C=O) groups excluding carboxylic acids is 1. The lowest BCUT2D eigenvalue weighted by molar-refractivity contribution is -0.122. The molecule has 0 unspecified atom stereocenters. The van der Waals surface area contributed by atoms with E-state index in [9.17, 15) is 18.5 Å². The number of nitrogens with zero attached hydrogens (tertiary/aromatic N) is 1. The molecule has 0 heterocycles. The molecule has 2 N–H and O–H groups in total. The van der Waals surface area contributed by atoms with Crippen LogP contribution in [0, 0.1) is 23.7 Å². The maximum atomic E-state index is 12.4. The van der Waals surface area contributed by atoms with Gasteiger partial charge in [-0.2, -0.15) is 5.26 Å². The van der Waals surface area contributed by atoms with Crippen LogP contribution in [0.1, 0.15) is 31.2 Å². The van der Waals surface area contributed by atoms with Crippen molar-refractivity contribution in [3.05, 3.63) is 23.8 Å². The molecule has 0 radical (unpaired) electrons. The van der Waals surface area contributed by atoms with Crippen molar-refractivity contribution < 1.29 is 13.2 Å². The number of hydrogen-bond acceptors (Lipinski definition) is 4. The highest BCUT2D eigenvalue weighted by molar-refractivity contribution is 7.89. The SMILES string of the molecule is CNS(=O)(=O)c1cc(NC(=O)C2(C#N)CCCC2)ccc1C. The molecule has 0 bridgehead atoms. The van der Waals surface area contributed by atoms with E-state index in [1.165, 1.54) is 13.1 Å². The van der Waals surface area contributed by atoms with Gasteiger partial charge in [-0.3, -0.25) is 4.79 Å². The summed E-state index contributed by atoms with van der Waals surface area (Å²) in [6, 6.07) is 6.81. The van der Waals surface area contributed by atoms with Gasteiger partial charge in [-0.25, -0.2) is 13.1 Å². The zero-order chi connectivity index (χ0) is 16.4. The minimum Gasteiger partial charge on any atom is -0.325 e. The lowest BCUT2D eigenvalue weighted by Gasteiger charge is -2.19. The van der Waals surface area contributed by atoms with E-state index in [4.69, 9.17) is 0 Å². The molecule has 1 aromatic carbocycles. The van der Waals surface area contributed by atoms with E-state index in [-0.39, 0.29) is 10.8 Å². The van der Waals surface area contributed by atoms with E-state index in [2.05, 4.69) is 16.1 Å². The quantitative estimate of drug-likeness (QED) is 0.885. The minimum absolute atomic E-state index is 0.116. The van der Waals surface area contributed by atoms with E-state index in [1.807, 2.05) is 0 Å². The van der Waals surface area contributed by atoms with Crippen LogP contribution >= 0.6 is 0 Å².